The van der Waals surface area contributed by atoms with Gasteiger partial charge in [-0.05, 0) is 39.4 Å². The molecule has 3 rings (SSSR count). The molecule has 0 amide bonds. The van der Waals surface area contributed by atoms with Gasteiger partial charge in [0.15, 0.2) is 5.65 Å². The molecule has 7 heteroatoms. The largest absolute Gasteiger partial charge is 0.341 e. The van der Waals surface area contributed by atoms with Crippen molar-refractivity contribution in [3.8, 4) is 0 Å². The molecule has 6 nitrogen and oxygen atoms in total. The molecule has 1 aliphatic rings. The molecule has 24 heavy (non-hydrogen) atoms. The lowest BCUT2D eigenvalue weighted by Crippen LogP contribution is -2.33. The van der Waals surface area contributed by atoms with Crippen LogP contribution in [0.15, 0.2) is 11.0 Å². The average molecular weight is 350 g/mol. The van der Waals surface area contributed by atoms with E-state index in [-0.39, 0.29) is 11.1 Å². The Balaban J connectivity index is 2.01. The second kappa shape index (κ2) is 6.78. The van der Waals surface area contributed by atoms with Gasteiger partial charge in [0.05, 0.1) is 11.7 Å². The Labute approximate surface area is 147 Å². The van der Waals surface area contributed by atoms with Gasteiger partial charge in [0, 0.05) is 18.3 Å². The summed E-state index contributed by atoms with van der Waals surface area (Å²) in [6.45, 7) is 10.3. The lowest BCUT2D eigenvalue weighted by molar-refractivity contribution is 0.366. The molecule has 1 atom stereocenters. The molecule has 0 bridgehead atoms. The van der Waals surface area contributed by atoms with Gasteiger partial charge in [-0.2, -0.15) is 21.8 Å². The number of rotatable bonds is 3. The summed E-state index contributed by atoms with van der Waals surface area (Å²) in [5, 5.41) is 5.55. The van der Waals surface area contributed by atoms with Gasteiger partial charge in [0.2, 0.25) is 5.95 Å². The minimum atomic E-state index is -0.209. The number of nitrogens with zero attached hydrogens (tertiary/aromatic N) is 4. The summed E-state index contributed by atoms with van der Waals surface area (Å²) in [5.41, 5.74) is 0.360. The zero-order valence-electron chi connectivity index (χ0n) is 15.0. The summed E-state index contributed by atoms with van der Waals surface area (Å²) in [7, 11) is 0. The van der Waals surface area contributed by atoms with Crippen LogP contribution in [0.2, 0.25) is 0 Å². The molecule has 1 fully saturated rings. The number of nitrogens with one attached hydrogen (secondary N) is 1. The van der Waals surface area contributed by atoms with Crippen LogP contribution in [-0.4, -0.2) is 43.8 Å². The minimum Gasteiger partial charge on any atom is -0.341 e. The van der Waals surface area contributed by atoms with Gasteiger partial charge in [0.1, 0.15) is 5.39 Å². The highest BCUT2D eigenvalue weighted by Crippen LogP contribution is 2.25. The van der Waals surface area contributed by atoms with Gasteiger partial charge in [-0.25, -0.2) is 4.68 Å². The summed E-state index contributed by atoms with van der Waals surface area (Å²) in [6.07, 6.45) is 5.23. The van der Waals surface area contributed by atoms with Gasteiger partial charge in [-0.15, -0.1) is 0 Å². The molecule has 3 heterocycles. The molecule has 1 N–H and O–H groups in total. The van der Waals surface area contributed by atoms with E-state index in [0.717, 1.165) is 25.3 Å². The van der Waals surface area contributed by atoms with Crippen LogP contribution in [0.4, 0.5) is 5.95 Å². The monoisotopic (exact) mass is 349 g/mol. The molecule has 0 aliphatic carbocycles. The molecular formula is C17H27N5OS. The molecule has 1 aliphatic heterocycles. The Bertz CT molecular complexity index is 760. The van der Waals surface area contributed by atoms with E-state index in [1.165, 1.54) is 12.8 Å². The molecule has 0 spiro atoms. The molecular weight excluding hydrogens is 322 g/mol. The Morgan fingerprint density at radius 1 is 1.38 bits per heavy atom. The van der Waals surface area contributed by atoms with Crippen LogP contribution in [0.5, 0.6) is 0 Å². The van der Waals surface area contributed by atoms with Crippen molar-refractivity contribution in [3.63, 3.8) is 0 Å². The first-order valence-electron chi connectivity index (χ1n) is 8.75. The van der Waals surface area contributed by atoms with Crippen molar-refractivity contribution in [2.75, 3.05) is 23.7 Å². The lowest BCUT2D eigenvalue weighted by atomic mass is 10.1. The van der Waals surface area contributed by atoms with Crippen molar-refractivity contribution in [2.24, 2.45) is 0 Å². The number of aromatic nitrogens is 4. The molecule has 0 radical (unpaired) electrons. The normalized spacial score (nSPS) is 19.7. The quantitative estimate of drug-likeness (QED) is 0.923. The smallest absolute Gasteiger partial charge is 0.263 e. The van der Waals surface area contributed by atoms with Gasteiger partial charge in [-0.1, -0.05) is 13.3 Å². The van der Waals surface area contributed by atoms with E-state index in [1.54, 1.807) is 6.20 Å². The van der Waals surface area contributed by atoms with Crippen molar-refractivity contribution in [1.82, 2.24) is 19.7 Å². The third-order valence-electron chi connectivity index (χ3n) is 4.39. The van der Waals surface area contributed by atoms with Crippen molar-refractivity contribution < 1.29 is 0 Å². The summed E-state index contributed by atoms with van der Waals surface area (Å²) in [5.74, 6) is 1.81. The second-order valence-corrected chi connectivity index (χ2v) is 8.95. The maximum Gasteiger partial charge on any atom is 0.263 e. The van der Waals surface area contributed by atoms with Gasteiger partial charge in [0.25, 0.3) is 5.56 Å². The summed E-state index contributed by atoms with van der Waals surface area (Å²) in [6, 6.07) is 0. The maximum absolute atomic E-state index is 12.5. The van der Waals surface area contributed by atoms with Crippen molar-refractivity contribution in [1.29, 1.82) is 0 Å². The van der Waals surface area contributed by atoms with Crippen molar-refractivity contribution in [3.05, 3.63) is 16.6 Å². The lowest BCUT2D eigenvalue weighted by Gasteiger charge is -2.25. The summed E-state index contributed by atoms with van der Waals surface area (Å²) in [4.78, 5) is 22.5. The average Bonchev–Trinajstić information content (AvgIpc) is 2.81. The van der Waals surface area contributed by atoms with Crippen LogP contribution in [0.3, 0.4) is 0 Å². The van der Waals surface area contributed by atoms with Gasteiger partial charge in [-0.3, -0.25) is 9.78 Å². The highest BCUT2D eigenvalue weighted by atomic mass is 32.2. The summed E-state index contributed by atoms with van der Waals surface area (Å²) < 4.78 is 1.84. The van der Waals surface area contributed by atoms with E-state index in [4.69, 9.17) is 4.98 Å². The van der Waals surface area contributed by atoms with Gasteiger partial charge >= 0.3 is 0 Å². The molecule has 132 valence electrons. The molecule has 2 aromatic heterocycles. The molecule has 0 saturated carbocycles. The van der Waals surface area contributed by atoms with Crippen LogP contribution >= 0.6 is 11.8 Å². The van der Waals surface area contributed by atoms with E-state index in [0.29, 0.717) is 22.2 Å². The fourth-order valence-electron chi connectivity index (χ4n) is 3.21. The number of anilines is 1. The van der Waals surface area contributed by atoms with Crippen LogP contribution < -0.4 is 10.5 Å². The zero-order valence-corrected chi connectivity index (χ0v) is 15.8. The first-order valence-corrected chi connectivity index (χ1v) is 9.80. The van der Waals surface area contributed by atoms with Crippen molar-refractivity contribution in [2.45, 2.75) is 57.7 Å². The Hall–Kier alpha value is -1.50. The fourth-order valence-corrected chi connectivity index (χ4v) is 4.30. The molecule has 1 unspecified atom stereocenters. The summed E-state index contributed by atoms with van der Waals surface area (Å²) >= 11 is 2.00. The van der Waals surface area contributed by atoms with E-state index >= 15 is 0 Å². The fraction of sp³-hybridized carbons (Fsp3) is 0.706. The Morgan fingerprint density at radius 2 is 2.17 bits per heavy atom. The predicted octanol–water partition coefficient (Wildman–Crippen LogP) is 2.99. The van der Waals surface area contributed by atoms with E-state index in [1.807, 2.05) is 16.4 Å². The highest BCUT2D eigenvalue weighted by Gasteiger charge is 2.23. The number of thioether (sulfide) groups is 1. The van der Waals surface area contributed by atoms with E-state index in [2.05, 4.69) is 42.7 Å². The Morgan fingerprint density at radius 3 is 2.88 bits per heavy atom. The maximum atomic E-state index is 12.5. The number of hydrogen-bond donors (Lipinski definition) is 1. The topological polar surface area (TPSA) is 66.8 Å². The van der Waals surface area contributed by atoms with Crippen LogP contribution in [0.1, 0.15) is 47.0 Å². The minimum absolute atomic E-state index is 0.102. The number of hydrogen-bond acceptors (Lipinski definition) is 5. The Kier molecular flexibility index (Phi) is 4.90. The van der Waals surface area contributed by atoms with E-state index < -0.39 is 0 Å². The molecule has 0 aromatic carbocycles. The zero-order chi connectivity index (χ0) is 17.3. The number of fused-ring (bicyclic) bond motifs is 1. The van der Waals surface area contributed by atoms with Crippen LogP contribution in [0, 0.1) is 0 Å². The van der Waals surface area contributed by atoms with E-state index in [9.17, 15) is 4.79 Å². The second-order valence-electron chi connectivity index (χ2n) is 7.37. The number of aromatic amines is 1. The van der Waals surface area contributed by atoms with Crippen LogP contribution in [0.25, 0.3) is 11.0 Å². The van der Waals surface area contributed by atoms with Crippen LogP contribution in [-0.2, 0) is 5.54 Å². The predicted molar refractivity (Wildman–Crippen MR) is 101 cm³/mol. The standard InChI is InChI=1S/C17H27N5OS/c1-5-24-12-8-6-7-9-21(11-12)16-19-14-13(15(23)20-16)10-18-22(14)17(2,3)4/h10,12H,5-9,11H2,1-4H3,(H,19,20,23). The SMILES string of the molecule is CCSC1CCCCN(c2nc3c(cnn3C(C)(C)C)c(=O)[nH]2)C1. The first kappa shape index (κ1) is 17.3. The third-order valence-corrected chi connectivity index (χ3v) is 5.58. The highest BCUT2D eigenvalue weighted by molar-refractivity contribution is 7.99. The number of H-pyrrole nitrogens is 1. The third kappa shape index (κ3) is 3.45. The van der Waals surface area contributed by atoms with Crippen molar-refractivity contribution >= 4 is 28.7 Å². The molecule has 2 aromatic rings. The molecule has 1 saturated heterocycles. The first-order chi connectivity index (χ1) is 11.4. The van der Waals surface area contributed by atoms with Gasteiger partial charge < -0.3 is 4.90 Å².